The molecule has 1 aromatic heterocycles. The molecule has 0 aromatic carbocycles. The minimum atomic E-state index is -0.899. The Morgan fingerprint density at radius 3 is 2.93 bits per heavy atom. The fourth-order valence-electron chi connectivity index (χ4n) is 1.43. The van der Waals surface area contributed by atoms with Gasteiger partial charge in [-0.15, -0.1) is 0 Å². The standard InChI is InChI=1S/C11H15NO3/c1-9(5-11(13)14)6-12(2)7-10-3-4-15-8-10/h3-5,8H,6-7H2,1-2H3,(H,13,14). The van der Waals surface area contributed by atoms with Gasteiger partial charge in [0.25, 0.3) is 0 Å². The Hall–Kier alpha value is -1.55. The van der Waals surface area contributed by atoms with Crippen molar-refractivity contribution in [3.05, 3.63) is 35.8 Å². The van der Waals surface area contributed by atoms with Crippen LogP contribution < -0.4 is 0 Å². The van der Waals surface area contributed by atoms with Gasteiger partial charge in [-0.2, -0.15) is 0 Å². The molecule has 4 heteroatoms. The summed E-state index contributed by atoms with van der Waals surface area (Å²) in [6.07, 6.45) is 4.54. The highest BCUT2D eigenvalue weighted by atomic mass is 16.4. The van der Waals surface area contributed by atoms with Crippen LogP contribution in [-0.2, 0) is 11.3 Å². The summed E-state index contributed by atoms with van der Waals surface area (Å²) in [6.45, 7) is 3.19. The number of furan rings is 1. The van der Waals surface area contributed by atoms with Gasteiger partial charge < -0.3 is 9.52 Å². The van der Waals surface area contributed by atoms with E-state index in [0.29, 0.717) is 6.54 Å². The van der Waals surface area contributed by atoms with Crippen molar-refractivity contribution in [3.8, 4) is 0 Å². The van der Waals surface area contributed by atoms with Crippen molar-refractivity contribution >= 4 is 5.97 Å². The lowest BCUT2D eigenvalue weighted by atomic mass is 10.2. The van der Waals surface area contributed by atoms with Crippen molar-refractivity contribution in [1.29, 1.82) is 0 Å². The van der Waals surface area contributed by atoms with Gasteiger partial charge in [-0.1, -0.05) is 5.57 Å². The van der Waals surface area contributed by atoms with Crippen LogP contribution >= 0.6 is 0 Å². The Bertz CT molecular complexity index is 341. The zero-order valence-corrected chi connectivity index (χ0v) is 8.93. The normalized spacial score (nSPS) is 12.1. The predicted octanol–water partition coefficient (Wildman–Crippen LogP) is 1.74. The van der Waals surface area contributed by atoms with E-state index < -0.39 is 5.97 Å². The van der Waals surface area contributed by atoms with Gasteiger partial charge in [-0.3, -0.25) is 4.90 Å². The van der Waals surface area contributed by atoms with E-state index in [1.54, 1.807) is 19.5 Å². The Labute approximate surface area is 88.8 Å². The Balaban J connectivity index is 2.42. The third kappa shape index (κ3) is 4.46. The van der Waals surface area contributed by atoms with Crippen LogP contribution in [0.25, 0.3) is 0 Å². The number of likely N-dealkylation sites (N-methyl/N-ethyl adjacent to an activating group) is 1. The van der Waals surface area contributed by atoms with Crippen LogP contribution in [-0.4, -0.2) is 29.6 Å². The summed E-state index contributed by atoms with van der Waals surface area (Å²) < 4.78 is 4.95. The van der Waals surface area contributed by atoms with Crippen LogP contribution in [0.2, 0.25) is 0 Å². The maximum Gasteiger partial charge on any atom is 0.328 e. The number of carboxylic acids is 1. The van der Waals surface area contributed by atoms with Crippen LogP contribution in [0.3, 0.4) is 0 Å². The third-order valence-electron chi connectivity index (χ3n) is 1.92. The molecule has 1 aromatic rings. The molecule has 0 fully saturated rings. The minimum absolute atomic E-state index is 0.636. The molecule has 0 spiro atoms. The number of rotatable bonds is 5. The summed E-state index contributed by atoms with van der Waals surface area (Å²) in [7, 11) is 1.94. The number of hydrogen-bond acceptors (Lipinski definition) is 3. The lowest BCUT2D eigenvalue weighted by Crippen LogP contribution is -2.19. The molecule has 1 rings (SSSR count). The second-order valence-electron chi connectivity index (χ2n) is 3.63. The smallest absolute Gasteiger partial charge is 0.328 e. The molecule has 0 atom stereocenters. The SMILES string of the molecule is CC(=CC(=O)O)CN(C)Cc1ccoc1. The van der Waals surface area contributed by atoms with E-state index in [2.05, 4.69) is 0 Å². The van der Waals surface area contributed by atoms with Crippen molar-refractivity contribution in [3.63, 3.8) is 0 Å². The maximum atomic E-state index is 10.4. The zero-order valence-electron chi connectivity index (χ0n) is 8.93. The Kier molecular flexibility index (Phi) is 4.12. The number of hydrogen-bond donors (Lipinski definition) is 1. The molecule has 0 aliphatic carbocycles. The molecule has 0 radical (unpaired) electrons. The molecule has 4 nitrogen and oxygen atoms in total. The molecule has 0 bridgehead atoms. The fraction of sp³-hybridized carbons (Fsp3) is 0.364. The first-order valence-corrected chi connectivity index (χ1v) is 4.67. The minimum Gasteiger partial charge on any atom is -0.478 e. The predicted molar refractivity (Wildman–Crippen MR) is 56.4 cm³/mol. The van der Waals surface area contributed by atoms with Gasteiger partial charge >= 0.3 is 5.97 Å². The van der Waals surface area contributed by atoms with Gasteiger partial charge in [0, 0.05) is 24.7 Å². The quantitative estimate of drug-likeness (QED) is 0.750. The van der Waals surface area contributed by atoms with Gasteiger partial charge in [0.15, 0.2) is 0 Å². The first kappa shape index (κ1) is 11.5. The summed E-state index contributed by atoms with van der Waals surface area (Å²) >= 11 is 0. The summed E-state index contributed by atoms with van der Waals surface area (Å²) in [5, 5.41) is 8.54. The zero-order chi connectivity index (χ0) is 11.3. The van der Waals surface area contributed by atoms with Crippen molar-refractivity contribution in [2.75, 3.05) is 13.6 Å². The highest BCUT2D eigenvalue weighted by Crippen LogP contribution is 2.05. The van der Waals surface area contributed by atoms with Crippen LogP contribution in [0.5, 0.6) is 0 Å². The molecule has 0 saturated carbocycles. The summed E-state index contributed by atoms with van der Waals surface area (Å²) in [4.78, 5) is 12.4. The highest BCUT2D eigenvalue weighted by molar-refractivity contribution is 5.80. The Morgan fingerprint density at radius 1 is 1.67 bits per heavy atom. The molecule has 0 unspecified atom stereocenters. The van der Waals surface area contributed by atoms with Crippen molar-refractivity contribution in [2.24, 2.45) is 0 Å². The van der Waals surface area contributed by atoms with E-state index in [4.69, 9.17) is 9.52 Å². The fourth-order valence-corrected chi connectivity index (χ4v) is 1.43. The number of carbonyl (C=O) groups is 1. The van der Waals surface area contributed by atoms with Crippen LogP contribution in [0, 0.1) is 0 Å². The van der Waals surface area contributed by atoms with Gasteiger partial charge in [0.2, 0.25) is 0 Å². The van der Waals surface area contributed by atoms with Crippen molar-refractivity contribution in [1.82, 2.24) is 4.90 Å². The molecule has 0 aliphatic rings. The van der Waals surface area contributed by atoms with Crippen LogP contribution in [0.15, 0.2) is 34.7 Å². The van der Waals surface area contributed by atoms with E-state index >= 15 is 0 Å². The number of carboxylic acid groups (broad SMARTS) is 1. The largest absolute Gasteiger partial charge is 0.478 e. The van der Waals surface area contributed by atoms with Crippen molar-refractivity contribution < 1.29 is 14.3 Å². The third-order valence-corrected chi connectivity index (χ3v) is 1.92. The second kappa shape index (κ2) is 5.36. The number of nitrogens with zero attached hydrogens (tertiary/aromatic N) is 1. The summed E-state index contributed by atoms with van der Waals surface area (Å²) in [6, 6.07) is 1.90. The molecule has 1 N–H and O–H groups in total. The summed E-state index contributed by atoms with van der Waals surface area (Å²) in [5.41, 5.74) is 1.91. The van der Waals surface area contributed by atoms with E-state index in [-0.39, 0.29) is 0 Å². The topological polar surface area (TPSA) is 53.7 Å². The molecule has 1 heterocycles. The van der Waals surface area contributed by atoms with E-state index in [1.807, 2.05) is 18.0 Å². The van der Waals surface area contributed by atoms with Crippen LogP contribution in [0.4, 0.5) is 0 Å². The maximum absolute atomic E-state index is 10.4. The molecule has 82 valence electrons. The van der Waals surface area contributed by atoms with Gasteiger partial charge in [-0.05, 0) is 20.0 Å². The number of aliphatic carboxylic acids is 1. The van der Waals surface area contributed by atoms with Crippen LogP contribution in [0.1, 0.15) is 12.5 Å². The lowest BCUT2D eigenvalue weighted by molar-refractivity contribution is -0.131. The average Bonchev–Trinajstić information content (AvgIpc) is 2.53. The van der Waals surface area contributed by atoms with E-state index in [0.717, 1.165) is 17.7 Å². The molecular formula is C11H15NO3. The molecular weight excluding hydrogens is 194 g/mol. The van der Waals surface area contributed by atoms with Gasteiger partial charge in [0.1, 0.15) is 0 Å². The molecule has 0 amide bonds. The lowest BCUT2D eigenvalue weighted by Gasteiger charge is -2.15. The first-order valence-electron chi connectivity index (χ1n) is 4.67. The second-order valence-corrected chi connectivity index (χ2v) is 3.63. The molecule has 0 saturated heterocycles. The average molecular weight is 209 g/mol. The summed E-state index contributed by atoms with van der Waals surface area (Å²) in [5.74, 6) is -0.899. The Morgan fingerprint density at radius 2 is 2.40 bits per heavy atom. The first-order chi connectivity index (χ1) is 7.08. The molecule has 0 aliphatic heterocycles. The van der Waals surface area contributed by atoms with Gasteiger partial charge in [0.05, 0.1) is 12.5 Å². The van der Waals surface area contributed by atoms with E-state index in [9.17, 15) is 4.79 Å². The van der Waals surface area contributed by atoms with E-state index in [1.165, 1.54) is 6.08 Å². The van der Waals surface area contributed by atoms with Crippen molar-refractivity contribution in [2.45, 2.75) is 13.5 Å². The van der Waals surface area contributed by atoms with Gasteiger partial charge in [-0.25, -0.2) is 4.79 Å². The molecule has 15 heavy (non-hydrogen) atoms. The highest BCUT2D eigenvalue weighted by Gasteiger charge is 2.03. The monoisotopic (exact) mass is 209 g/mol.